The number of phenols is 1. The molecule has 0 atom stereocenters. The molecule has 0 fully saturated rings. The van der Waals surface area contributed by atoms with Crippen LogP contribution in [0.3, 0.4) is 0 Å². The number of phenolic OH excluding ortho intramolecular Hbond substituents is 1. The smallest absolute Gasteiger partial charge is 0.115 e. The minimum absolute atomic E-state index is 0.286. The zero-order chi connectivity index (χ0) is 13.7. The molecule has 0 spiro atoms. The van der Waals surface area contributed by atoms with Crippen LogP contribution in [-0.2, 0) is 0 Å². The van der Waals surface area contributed by atoms with E-state index in [1.54, 1.807) is 12.1 Å². The van der Waals surface area contributed by atoms with Gasteiger partial charge in [0.2, 0.25) is 0 Å². The van der Waals surface area contributed by atoms with Crippen molar-refractivity contribution in [3.8, 4) is 17.0 Å². The summed E-state index contributed by atoms with van der Waals surface area (Å²) >= 11 is 0. The minimum Gasteiger partial charge on any atom is -0.508 e. The van der Waals surface area contributed by atoms with Gasteiger partial charge in [-0.3, -0.25) is 0 Å². The van der Waals surface area contributed by atoms with Gasteiger partial charge in [-0.2, -0.15) is 0 Å². The highest BCUT2D eigenvalue weighted by Crippen LogP contribution is 2.27. The van der Waals surface area contributed by atoms with Crippen LogP contribution >= 0.6 is 0 Å². The first-order valence-electron chi connectivity index (χ1n) is 7.09. The van der Waals surface area contributed by atoms with Crippen molar-refractivity contribution in [3.05, 3.63) is 36.3 Å². The van der Waals surface area contributed by atoms with E-state index in [0.29, 0.717) is 5.92 Å². The molecule has 2 N–H and O–H groups in total. The number of benzene rings is 1. The molecular formula is C16H22N2O. The van der Waals surface area contributed by atoms with E-state index in [4.69, 9.17) is 4.98 Å². The topological polar surface area (TPSA) is 48.9 Å². The second-order valence-corrected chi connectivity index (χ2v) is 4.99. The van der Waals surface area contributed by atoms with Crippen LogP contribution in [0.2, 0.25) is 0 Å². The lowest BCUT2D eigenvalue weighted by molar-refractivity contribution is 0.475. The van der Waals surface area contributed by atoms with Crippen molar-refractivity contribution < 1.29 is 5.11 Å². The Morgan fingerprint density at radius 3 is 2.32 bits per heavy atom. The fraction of sp³-hybridized carbons (Fsp3) is 0.438. The molecule has 0 aliphatic carbocycles. The SMILES string of the molecule is CCCC(CCC)c1nc(-c2ccc(O)cc2)c[nH]1. The molecule has 3 nitrogen and oxygen atoms in total. The number of hydrogen-bond donors (Lipinski definition) is 2. The summed E-state index contributed by atoms with van der Waals surface area (Å²) in [6, 6.07) is 7.17. The number of imidazole rings is 1. The molecule has 0 aliphatic heterocycles. The van der Waals surface area contributed by atoms with Gasteiger partial charge in [-0.15, -0.1) is 0 Å². The van der Waals surface area contributed by atoms with E-state index in [0.717, 1.165) is 17.1 Å². The van der Waals surface area contributed by atoms with Crippen molar-refractivity contribution in [2.24, 2.45) is 0 Å². The van der Waals surface area contributed by atoms with Gasteiger partial charge in [0.1, 0.15) is 11.6 Å². The van der Waals surface area contributed by atoms with Crippen LogP contribution in [0.5, 0.6) is 5.75 Å². The van der Waals surface area contributed by atoms with Crippen LogP contribution in [0.1, 0.15) is 51.3 Å². The lowest BCUT2D eigenvalue weighted by Gasteiger charge is -2.11. The summed E-state index contributed by atoms with van der Waals surface area (Å²) in [6.07, 6.45) is 6.67. The first-order valence-corrected chi connectivity index (χ1v) is 7.09. The van der Waals surface area contributed by atoms with Crippen molar-refractivity contribution >= 4 is 0 Å². The van der Waals surface area contributed by atoms with Gasteiger partial charge in [-0.05, 0) is 37.1 Å². The average Bonchev–Trinajstić information content (AvgIpc) is 2.89. The molecule has 2 rings (SSSR count). The number of nitrogens with one attached hydrogen (secondary N) is 1. The van der Waals surface area contributed by atoms with Gasteiger partial charge in [0.05, 0.1) is 5.69 Å². The zero-order valence-electron chi connectivity index (χ0n) is 11.7. The Morgan fingerprint density at radius 2 is 1.74 bits per heavy atom. The maximum absolute atomic E-state index is 9.31. The van der Waals surface area contributed by atoms with Crippen LogP contribution < -0.4 is 0 Å². The van der Waals surface area contributed by atoms with E-state index in [1.165, 1.54) is 25.7 Å². The Morgan fingerprint density at radius 1 is 1.11 bits per heavy atom. The number of nitrogens with zero attached hydrogens (tertiary/aromatic N) is 1. The van der Waals surface area contributed by atoms with Crippen LogP contribution in [0.25, 0.3) is 11.3 Å². The number of rotatable bonds is 6. The van der Waals surface area contributed by atoms with Gasteiger partial charge in [-0.25, -0.2) is 4.98 Å². The largest absolute Gasteiger partial charge is 0.508 e. The van der Waals surface area contributed by atoms with Crippen LogP contribution in [0, 0.1) is 0 Å². The normalized spacial score (nSPS) is 11.1. The molecule has 3 heteroatoms. The minimum atomic E-state index is 0.286. The van der Waals surface area contributed by atoms with Crippen molar-refractivity contribution in [1.29, 1.82) is 0 Å². The predicted molar refractivity (Wildman–Crippen MR) is 78.2 cm³/mol. The first kappa shape index (κ1) is 13.7. The number of H-pyrrole nitrogens is 1. The van der Waals surface area contributed by atoms with Gasteiger partial charge >= 0.3 is 0 Å². The highest BCUT2D eigenvalue weighted by atomic mass is 16.3. The summed E-state index contributed by atoms with van der Waals surface area (Å²) in [7, 11) is 0. The first-order chi connectivity index (χ1) is 9.24. The number of aromatic hydroxyl groups is 1. The molecule has 0 bridgehead atoms. The fourth-order valence-electron chi connectivity index (χ4n) is 2.44. The maximum Gasteiger partial charge on any atom is 0.115 e. The maximum atomic E-state index is 9.31. The molecule has 19 heavy (non-hydrogen) atoms. The van der Waals surface area contributed by atoms with E-state index < -0.39 is 0 Å². The van der Waals surface area contributed by atoms with Gasteiger partial charge < -0.3 is 10.1 Å². The molecule has 0 saturated carbocycles. The molecule has 0 radical (unpaired) electrons. The van der Waals surface area contributed by atoms with E-state index in [-0.39, 0.29) is 5.75 Å². The Bertz CT molecular complexity index is 496. The Hall–Kier alpha value is -1.77. The third-order valence-electron chi connectivity index (χ3n) is 3.42. The predicted octanol–water partition coefficient (Wildman–Crippen LogP) is 4.47. The summed E-state index contributed by atoms with van der Waals surface area (Å²) in [5.74, 6) is 1.90. The third-order valence-corrected chi connectivity index (χ3v) is 3.42. The van der Waals surface area contributed by atoms with E-state index in [2.05, 4.69) is 18.8 Å². The molecule has 1 heterocycles. The molecular weight excluding hydrogens is 236 g/mol. The average molecular weight is 258 g/mol. The van der Waals surface area contributed by atoms with Crippen LogP contribution in [-0.4, -0.2) is 15.1 Å². The Kier molecular flexibility index (Phi) is 4.61. The number of hydrogen-bond acceptors (Lipinski definition) is 2. The highest BCUT2D eigenvalue weighted by molar-refractivity contribution is 5.59. The second-order valence-electron chi connectivity index (χ2n) is 4.99. The number of aromatic amines is 1. The Balaban J connectivity index is 2.19. The summed E-state index contributed by atoms with van der Waals surface area (Å²) < 4.78 is 0. The molecule has 1 aromatic carbocycles. The zero-order valence-corrected chi connectivity index (χ0v) is 11.7. The molecule has 1 aromatic heterocycles. The lowest BCUT2D eigenvalue weighted by Crippen LogP contribution is -2.00. The second kappa shape index (κ2) is 6.41. The van der Waals surface area contributed by atoms with E-state index in [9.17, 15) is 5.11 Å². The molecule has 0 unspecified atom stereocenters. The molecule has 2 aromatic rings. The van der Waals surface area contributed by atoms with Crippen LogP contribution in [0.4, 0.5) is 0 Å². The van der Waals surface area contributed by atoms with Gasteiger partial charge in [-0.1, -0.05) is 26.7 Å². The van der Waals surface area contributed by atoms with Gasteiger partial charge in [0.15, 0.2) is 0 Å². The summed E-state index contributed by atoms with van der Waals surface area (Å²) in [5, 5.41) is 9.31. The molecule has 102 valence electrons. The molecule has 0 amide bonds. The van der Waals surface area contributed by atoms with E-state index >= 15 is 0 Å². The van der Waals surface area contributed by atoms with Crippen LogP contribution in [0.15, 0.2) is 30.5 Å². The van der Waals surface area contributed by atoms with E-state index in [1.807, 2.05) is 18.3 Å². The quantitative estimate of drug-likeness (QED) is 0.803. The number of aromatic nitrogens is 2. The molecule has 0 aliphatic rings. The van der Waals surface area contributed by atoms with Crippen molar-refractivity contribution in [1.82, 2.24) is 9.97 Å². The summed E-state index contributed by atoms with van der Waals surface area (Å²) in [4.78, 5) is 8.03. The lowest BCUT2D eigenvalue weighted by atomic mass is 9.98. The van der Waals surface area contributed by atoms with Crippen molar-refractivity contribution in [2.45, 2.75) is 45.4 Å². The summed E-state index contributed by atoms with van der Waals surface area (Å²) in [5.41, 5.74) is 1.99. The Labute approximate surface area is 114 Å². The molecule has 0 saturated heterocycles. The standard InChI is InChI=1S/C16H22N2O/c1-3-5-13(6-4-2)16-17-11-15(18-16)12-7-9-14(19)10-8-12/h7-11,13,19H,3-6H2,1-2H3,(H,17,18). The van der Waals surface area contributed by atoms with Crippen molar-refractivity contribution in [2.75, 3.05) is 0 Å². The monoisotopic (exact) mass is 258 g/mol. The van der Waals surface area contributed by atoms with Gasteiger partial charge in [0, 0.05) is 17.7 Å². The fourth-order valence-corrected chi connectivity index (χ4v) is 2.44. The van der Waals surface area contributed by atoms with Crippen molar-refractivity contribution in [3.63, 3.8) is 0 Å². The summed E-state index contributed by atoms with van der Waals surface area (Å²) in [6.45, 7) is 4.43. The highest BCUT2D eigenvalue weighted by Gasteiger charge is 2.14. The van der Waals surface area contributed by atoms with Gasteiger partial charge in [0.25, 0.3) is 0 Å². The third kappa shape index (κ3) is 3.37.